The topological polar surface area (TPSA) is 81.4 Å². The van der Waals surface area contributed by atoms with Gasteiger partial charge in [-0.2, -0.15) is 0 Å². The predicted octanol–water partition coefficient (Wildman–Crippen LogP) is 4.25. The van der Waals surface area contributed by atoms with E-state index in [9.17, 15) is 4.79 Å². The average molecular weight is 438 g/mol. The van der Waals surface area contributed by atoms with E-state index in [0.29, 0.717) is 18.0 Å². The minimum atomic E-state index is -0.715. The molecule has 0 saturated heterocycles. The summed E-state index contributed by atoms with van der Waals surface area (Å²) in [6.45, 7) is 4.39. The highest BCUT2D eigenvalue weighted by Crippen LogP contribution is 2.30. The second-order valence-corrected chi connectivity index (χ2v) is 7.64. The summed E-state index contributed by atoms with van der Waals surface area (Å²) in [6, 6.07) is 25.0. The highest BCUT2D eigenvalue weighted by molar-refractivity contribution is 6.15. The molecule has 3 aromatic carbocycles. The first-order valence-corrected chi connectivity index (χ1v) is 10.8. The number of aryl methyl sites for hydroxylation is 1. The quantitative estimate of drug-likeness (QED) is 0.506. The molecule has 1 amide bonds. The zero-order chi connectivity index (χ0) is 22.8. The van der Waals surface area contributed by atoms with Crippen molar-refractivity contribution in [2.75, 3.05) is 6.61 Å². The van der Waals surface area contributed by atoms with Crippen LogP contribution in [0.2, 0.25) is 0 Å². The lowest BCUT2D eigenvalue weighted by atomic mass is 10.0. The maximum Gasteiger partial charge on any atom is 0.253 e. The third-order valence-electron chi connectivity index (χ3n) is 5.50. The minimum absolute atomic E-state index is 0.252. The van der Waals surface area contributed by atoms with Gasteiger partial charge in [0.1, 0.15) is 11.6 Å². The third kappa shape index (κ3) is 3.89. The monoisotopic (exact) mass is 437 g/mol. The molecule has 0 spiro atoms. The average Bonchev–Trinajstić information content (AvgIpc) is 3.17. The smallest absolute Gasteiger partial charge is 0.253 e. The summed E-state index contributed by atoms with van der Waals surface area (Å²) >= 11 is 0. The number of ether oxygens (including phenoxy) is 1. The van der Waals surface area contributed by atoms with Gasteiger partial charge >= 0.3 is 0 Å². The van der Waals surface area contributed by atoms with Crippen molar-refractivity contribution in [3.8, 4) is 11.4 Å². The summed E-state index contributed by atoms with van der Waals surface area (Å²) < 4.78 is 7.44. The summed E-state index contributed by atoms with van der Waals surface area (Å²) in [5.41, 5.74) is 4.13. The van der Waals surface area contributed by atoms with Crippen LogP contribution in [0.15, 0.2) is 83.9 Å². The van der Waals surface area contributed by atoms with Gasteiger partial charge in [-0.1, -0.05) is 48.5 Å². The van der Waals surface area contributed by atoms with E-state index in [1.807, 2.05) is 73.0 Å². The Labute approximate surface area is 191 Å². The Morgan fingerprint density at radius 1 is 0.970 bits per heavy atom. The zero-order valence-electron chi connectivity index (χ0n) is 18.4. The predicted molar refractivity (Wildman–Crippen MR) is 126 cm³/mol. The number of nitrogens with one attached hydrogen (secondary N) is 1. The van der Waals surface area contributed by atoms with Crippen LogP contribution in [0.5, 0.6) is 5.75 Å². The lowest BCUT2D eigenvalue weighted by Gasteiger charge is -2.15. The molecule has 0 fully saturated rings. The third-order valence-corrected chi connectivity index (χ3v) is 5.50. The highest BCUT2D eigenvalue weighted by Gasteiger charge is 2.29. The molecular weight excluding hydrogens is 414 g/mol. The molecule has 1 unspecified atom stereocenters. The van der Waals surface area contributed by atoms with Crippen molar-refractivity contribution in [3.05, 3.63) is 107 Å². The van der Waals surface area contributed by atoms with Gasteiger partial charge in [0.2, 0.25) is 0 Å². The maximum absolute atomic E-state index is 13.1. The summed E-state index contributed by atoms with van der Waals surface area (Å²) in [5, 5.41) is 11.7. The number of carbonyl (C=O) groups excluding carboxylic acids is 1. The summed E-state index contributed by atoms with van der Waals surface area (Å²) in [7, 11) is 0. The first-order chi connectivity index (χ1) is 16.2. The maximum atomic E-state index is 13.1. The Bertz CT molecular complexity index is 1330. The molecule has 33 heavy (non-hydrogen) atoms. The Morgan fingerprint density at radius 2 is 1.70 bits per heavy atom. The first kappa shape index (κ1) is 20.6. The molecule has 164 valence electrons. The van der Waals surface area contributed by atoms with E-state index < -0.39 is 6.17 Å². The van der Waals surface area contributed by atoms with Crippen LogP contribution in [0.3, 0.4) is 0 Å². The van der Waals surface area contributed by atoms with E-state index in [1.165, 1.54) is 0 Å². The number of hydrogen-bond acceptors (Lipinski definition) is 5. The molecular formula is C26H23N5O2. The van der Waals surface area contributed by atoms with E-state index in [1.54, 1.807) is 24.3 Å². The molecule has 0 radical (unpaired) electrons. The van der Waals surface area contributed by atoms with Gasteiger partial charge in [-0.3, -0.25) is 14.4 Å². The number of amides is 1. The van der Waals surface area contributed by atoms with Gasteiger partial charge < -0.3 is 10.1 Å². The number of aromatic nitrogens is 3. The lowest BCUT2D eigenvalue weighted by Crippen LogP contribution is -2.29. The van der Waals surface area contributed by atoms with Crippen LogP contribution < -0.4 is 10.1 Å². The van der Waals surface area contributed by atoms with Crippen LogP contribution >= 0.6 is 0 Å². The van der Waals surface area contributed by atoms with E-state index in [0.717, 1.165) is 34.1 Å². The minimum Gasteiger partial charge on any atom is -0.494 e. The molecule has 5 rings (SSSR count). The summed E-state index contributed by atoms with van der Waals surface area (Å²) in [5.74, 6) is 1.75. The standard InChI is InChI=1S/C26H23N5O2/c1-3-33-20-15-13-19(14-16-20)26(32)28-24-25-30-29-17(2)31(25)22-12-8-7-11-21(22)23(27-24)18-9-5-4-6-10-18/h4-16,24H,3H2,1-2H3,(H,28,32). The molecule has 1 aliphatic rings. The molecule has 1 aliphatic heterocycles. The van der Waals surface area contributed by atoms with Crippen molar-refractivity contribution in [2.24, 2.45) is 4.99 Å². The van der Waals surface area contributed by atoms with Crippen LogP contribution in [-0.2, 0) is 0 Å². The van der Waals surface area contributed by atoms with Crippen molar-refractivity contribution in [3.63, 3.8) is 0 Å². The summed E-state index contributed by atoms with van der Waals surface area (Å²) in [6.07, 6.45) is -0.715. The molecule has 0 aliphatic carbocycles. The van der Waals surface area contributed by atoms with Gasteiger partial charge in [0, 0.05) is 16.7 Å². The lowest BCUT2D eigenvalue weighted by molar-refractivity contribution is 0.0936. The number of para-hydroxylation sites is 1. The fourth-order valence-electron chi connectivity index (χ4n) is 3.98. The van der Waals surface area contributed by atoms with Crippen molar-refractivity contribution in [1.29, 1.82) is 0 Å². The van der Waals surface area contributed by atoms with Gasteiger partial charge in [0.05, 0.1) is 18.0 Å². The molecule has 1 N–H and O–H groups in total. The number of nitrogens with zero attached hydrogens (tertiary/aromatic N) is 4. The van der Waals surface area contributed by atoms with Crippen LogP contribution in [0, 0.1) is 6.92 Å². The van der Waals surface area contributed by atoms with Crippen LogP contribution in [0.1, 0.15) is 46.2 Å². The van der Waals surface area contributed by atoms with E-state index in [-0.39, 0.29) is 5.91 Å². The highest BCUT2D eigenvalue weighted by atomic mass is 16.5. The number of benzene rings is 3. The zero-order valence-corrected chi connectivity index (χ0v) is 18.4. The van der Waals surface area contributed by atoms with E-state index in [4.69, 9.17) is 9.73 Å². The second kappa shape index (κ2) is 8.70. The first-order valence-electron chi connectivity index (χ1n) is 10.8. The molecule has 2 heterocycles. The van der Waals surface area contributed by atoms with Crippen LogP contribution in [-0.4, -0.2) is 33.0 Å². The molecule has 7 heteroatoms. The van der Waals surface area contributed by atoms with Gasteiger partial charge in [-0.15, -0.1) is 10.2 Å². The number of hydrogen-bond donors (Lipinski definition) is 1. The fraction of sp³-hybridized carbons (Fsp3) is 0.154. The van der Waals surface area contributed by atoms with Crippen LogP contribution in [0.4, 0.5) is 0 Å². The Morgan fingerprint density at radius 3 is 2.45 bits per heavy atom. The van der Waals surface area contributed by atoms with Crippen LogP contribution in [0.25, 0.3) is 5.69 Å². The molecule has 7 nitrogen and oxygen atoms in total. The molecule has 1 aromatic heterocycles. The van der Waals surface area contributed by atoms with Gasteiger partial charge in [0.25, 0.3) is 5.91 Å². The number of carbonyl (C=O) groups is 1. The molecule has 4 aromatic rings. The largest absolute Gasteiger partial charge is 0.494 e. The van der Waals surface area contributed by atoms with E-state index in [2.05, 4.69) is 15.5 Å². The number of fused-ring (bicyclic) bond motifs is 3. The number of aliphatic imine (C=N–C) groups is 1. The van der Waals surface area contributed by atoms with Crippen molar-refractivity contribution < 1.29 is 9.53 Å². The van der Waals surface area contributed by atoms with Gasteiger partial charge in [-0.05, 0) is 44.2 Å². The Balaban J connectivity index is 1.59. The molecule has 0 bridgehead atoms. The summed E-state index contributed by atoms with van der Waals surface area (Å²) in [4.78, 5) is 18.1. The van der Waals surface area contributed by atoms with Gasteiger partial charge in [-0.25, -0.2) is 0 Å². The van der Waals surface area contributed by atoms with Crippen molar-refractivity contribution in [1.82, 2.24) is 20.1 Å². The van der Waals surface area contributed by atoms with Crippen molar-refractivity contribution in [2.45, 2.75) is 20.0 Å². The second-order valence-electron chi connectivity index (χ2n) is 7.64. The Kier molecular flexibility index (Phi) is 5.44. The molecule has 0 saturated carbocycles. The van der Waals surface area contributed by atoms with Gasteiger partial charge in [0.15, 0.2) is 12.0 Å². The van der Waals surface area contributed by atoms with Crippen molar-refractivity contribution >= 4 is 11.6 Å². The Hall–Kier alpha value is -4.26. The molecule has 1 atom stereocenters. The van der Waals surface area contributed by atoms with E-state index >= 15 is 0 Å². The number of rotatable bonds is 5. The SMILES string of the molecule is CCOc1ccc(C(=O)NC2N=C(c3ccccc3)c3ccccc3-n3c(C)nnc32)cc1. The fourth-order valence-corrected chi connectivity index (χ4v) is 3.98. The normalized spacial score (nSPS) is 14.5.